The van der Waals surface area contributed by atoms with Crippen LogP contribution < -0.4 is 4.90 Å². The van der Waals surface area contributed by atoms with Gasteiger partial charge in [-0.25, -0.2) is 0 Å². The fourth-order valence-corrected chi connectivity index (χ4v) is 6.90. The normalized spacial score (nSPS) is 12.1. The molecular weight excluding hydrogens is 522 g/mol. The zero-order valence-corrected chi connectivity index (χ0v) is 23.5. The number of para-hydroxylation sites is 1. The van der Waals surface area contributed by atoms with Gasteiger partial charge in [0.1, 0.15) is 11.2 Å². The van der Waals surface area contributed by atoms with E-state index < -0.39 is 0 Å². The fraction of sp³-hybridized carbons (Fsp3) is 0.0244. The minimum absolute atomic E-state index is 0.894. The lowest BCUT2D eigenvalue weighted by atomic mass is 9.95. The lowest BCUT2D eigenvalue weighted by molar-refractivity contribution is 0.669. The smallest absolute Gasteiger partial charge is 0.136 e. The van der Waals surface area contributed by atoms with Crippen LogP contribution in [0.25, 0.3) is 55.0 Å². The van der Waals surface area contributed by atoms with Gasteiger partial charge in [-0.05, 0) is 99.1 Å². The minimum Gasteiger partial charge on any atom is -0.456 e. The van der Waals surface area contributed by atoms with Crippen LogP contribution in [0.4, 0.5) is 17.1 Å². The first kappa shape index (κ1) is 24.0. The molecule has 8 aromatic rings. The molecule has 1 heterocycles. The van der Waals surface area contributed by atoms with E-state index in [2.05, 4.69) is 157 Å². The van der Waals surface area contributed by atoms with Crippen molar-refractivity contribution in [3.8, 4) is 22.3 Å². The summed E-state index contributed by atoms with van der Waals surface area (Å²) in [7, 11) is 0. The molecule has 0 radical (unpaired) electrons. The number of benzene rings is 7. The number of fused-ring (bicyclic) bond motifs is 8. The Bertz CT molecular complexity index is 2310. The Balaban J connectivity index is 1.27. The van der Waals surface area contributed by atoms with Crippen molar-refractivity contribution >= 4 is 49.8 Å². The number of furan rings is 1. The Morgan fingerprint density at radius 2 is 1.09 bits per heavy atom. The maximum atomic E-state index is 6.55. The molecular formula is C41H27NO. The molecule has 0 N–H and O–H groups in total. The van der Waals surface area contributed by atoms with E-state index in [4.69, 9.17) is 4.42 Å². The summed E-state index contributed by atoms with van der Waals surface area (Å²) in [4.78, 5) is 2.36. The van der Waals surface area contributed by atoms with Gasteiger partial charge >= 0.3 is 0 Å². The topological polar surface area (TPSA) is 16.4 Å². The third kappa shape index (κ3) is 3.80. The first-order chi connectivity index (χ1) is 21.3. The largest absolute Gasteiger partial charge is 0.456 e. The molecule has 2 heteroatoms. The van der Waals surface area contributed by atoms with E-state index in [0.29, 0.717) is 0 Å². The molecule has 9 rings (SSSR count). The van der Waals surface area contributed by atoms with E-state index >= 15 is 0 Å². The molecule has 1 aromatic heterocycles. The van der Waals surface area contributed by atoms with Gasteiger partial charge in [-0.3, -0.25) is 0 Å². The van der Waals surface area contributed by atoms with Gasteiger partial charge < -0.3 is 9.32 Å². The zero-order valence-electron chi connectivity index (χ0n) is 23.5. The summed E-state index contributed by atoms with van der Waals surface area (Å²) in [6, 6.07) is 54.4. The highest BCUT2D eigenvalue weighted by atomic mass is 16.3. The van der Waals surface area contributed by atoms with Crippen molar-refractivity contribution in [3.63, 3.8) is 0 Å². The van der Waals surface area contributed by atoms with Gasteiger partial charge in [0.25, 0.3) is 0 Å². The third-order valence-corrected chi connectivity index (χ3v) is 8.86. The highest BCUT2D eigenvalue weighted by molar-refractivity contribution is 6.22. The van der Waals surface area contributed by atoms with Crippen molar-refractivity contribution in [2.24, 2.45) is 0 Å². The second kappa shape index (κ2) is 9.47. The highest BCUT2D eigenvalue weighted by Gasteiger charge is 2.22. The van der Waals surface area contributed by atoms with Crippen LogP contribution in [0.5, 0.6) is 0 Å². The van der Waals surface area contributed by atoms with E-state index in [1.54, 1.807) is 0 Å². The highest BCUT2D eigenvalue weighted by Crippen LogP contribution is 2.45. The van der Waals surface area contributed by atoms with E-state index in [1.807, 2.05) is 0 Å². The van der Waals surface area contributed by atoms with Crippen LogP contribution in [0.1, 0.15) is 11.1 Å². The summed E-state index contributed by atoms with van der Waals surface area (Å²) in [5.74, 6) is 0. The Kier molecular flexibility index (Phi) is 5.30. The predicted molar refractivity (Wildman–Crippen MR) is 180 cm³/mol. The van der Waals surface area contributed by atoms with Crippen molar-refractivity contribution in [2.75, 3.05) is 4.90 Å². The van der Waals surface area contributed by atoms with Crippen molar-refractivity contribution in [2.45, 2.75) is 6.42 Å². The summed E-state index contributed by atoms with van der Waals surface area (Å²) < 4.78 is 6.55. The average Bonchev–Trinajstić information content (AvgIpc) is 3.63. The molecule has 202 valence electrons. The average molecular weight is 550 g/mol. The second-order valence-electron chi connectivity index (χ2n) is 11.3. The van der Waals surface area contributed by atoms with Crippen molar-refractivity contribution in [1.29, 1.82) is 0 Å². The van der Waals surface area contributed by atoms with Crippen LogP contribution in [0.3, 0.4) is 0 Å². The number of nitrogens with zero attached hydrogens (tertiary/aromatic N) is 1. The molecule has 0 saturated carbocycles. The Hall–Kier alpha value is -5.60. The van der Waals surface area contributed by atoms with Gasteiger partial charge in [-0.2, -0.15) is 0 Å². The molecule has 43 heavy (non-hydrogen) atoms. The molecule has 0 unspecified atom stereocenters. The lowest BCUT2D eigenvalue weighted by Gasteiger charge is -2.26. The molecule has 7 aromatic carbocycles. The summed E-state index contributed by atoms with van der Waals surface area (Å²) in [5.41, 5.74) is 13.0. The number of anilines is 3. The first-order valence-electron chi connectivity index (χ1n) is 14.8. The molecule has 1 aliphatic carbocycles. The fourth-order valence-electron chi connectivity index (χ4n) is 6.90. The minimum atomic E-state index is 0.894. The van der Waals surface area contributed by atoms with Gasteiger partial charge in [-0.15, -0.1) is 0 Å². The molecule has 0 saturated heterocycles. The van der Waals surface area contributed by atoms with Crippen LogP contribution in [-0.4, -0.2) is 0 Å². The van der Waals surface area contributed by atoms with Gasteiger partial charge in [-0.1, -0.05) is 103 Å². The van der Waals surface area contributed by atoms with E-state index in [1.165, 1.54) is 44.2 Å². The summed E-state index contributed by atoms with van der Waals surface area (Å²) in [6.07, 6.45) is 0.988. The van der Waals surface area contributed by atoms with Gasteiger partial charge in [0.2, 0.25) is 0 Å². The molecule has 0 aliphatic heterocycles. The van der Waals surface area contributed by atoms with Crippen LogP contribution in [0.2, 0.25) is 0 Å². The molecule has 1 aliphatic rings. The molecule has 0 bridgehead atoms. The third-order valence-electron chi connectivity index (χ3n) is 8.86. The number of hydrogen-bond acceptors (Lipinski definition) is 2. The molecule has 0 amide bonds. The van der Waals surface area contributed by atoms with Gasteiger partial charge in [0.05, 0.1) is 0 Å². The second-order valence-corrected chi connectivity index (χ2v) is 11.3. The van der Waals surface area contributed by atoms with Crippen LogP contribution in [0.15, 0.2) is 156 Å². The van der Waals surface area contributed by atoms with Crippen molar-refractivity contribution in [3.05, 3.63) is 163 Å². The quantitative estimate of drug-likeness (QED) is 0.217. The van der Waals surface area contributed by atoms with Gasteiger partial charge in [0.15, 0.2) is 0 Å². The summed E-state index contributed by atoms with van der Waals surface area (Å²) in [5, 5.41) is 4.71. The molecule has 0 fully saturated rings. The Morgan fingerprint density at radius 3 is 1.95 bits per heavy atom. The van der Waals surface area contributed by atoms with Crippen molar-refractivity contribution < 1.29 is 4.42 Å². The lowest BCUT2D eigenvalue weighted by Crippen LogP contribution is -2.10. The SMILES string of the molecule is c1ccc(-c2cc3oc4ccc(N(c5ccccc5)c5ccc6c(c5)-c5ccccc5C6)cc4c3c3ccccc23)cc1. The van der Waals surface area contributed by atoms with Gasteiger partial charge in [0, 0.05) is 27.8 Å². The van der Waals surface area contributed by atoms with Crippen LogP contribution in [-0.2, 0) is 6.42 Å². The predicted octanol–water partition coefficient (Wildman–Crippen LogP) is 11.4. The molecule has 2 nitrogen and oxygen atoms in total. The summed E-state index contributed by atoms with van der Waals surface area (Å²) >= 11 is 0. The monoisotopic (exact) mass is 549 g/mol. The molecule has 0 spiro atoms. The maximum Gasteiger partial charge on any atom is 0.136 e. The first-order valence-corrected chi connectivity index (χ1v) is 14.8. The van der Waals surface area contributed by atoms with E-state index in [-0.39, 0.29) is 0 Å². The molecule has 0 atom stereocenters. The maximum absolute atomic E-state index is 6.55. The van der Waals surface area contributed by atoms with Crippen molar-refractivity contribution in [1.82, 2.24) is 0 Å². The number of hydrogen-bond donors (Lipinski definition) is 0. The zero-order chi connectivity index (χ0) is 28.3. The Morgan fingerprint density at radius 1 is 0.419 bits per heavy atom. The van der Waals surface area contributed by atoms with Crippen LogP contribution >= 0.6 is 0 Å². The standard InChI is InChI=1S/C41H27NO/c1-3-11-27(12-4-1)37-26-40-41(35-18-10-9-17-34(35)37)38-25-32(21-22-39(38)43-40)42(30-14-5-2-6-15-30)31-20-19-29-23-28-13-7-8-16-33(28)36(29)24-31/h1-22,24-26H,23H2. The number of rotatable bonds is 4. The van der Waals surface area contributed by atoms with Crippen LogP contribution in [0, 0.1) is 0 Å². The van der Waals surface area contributed by atoms with E-state index in [9.17, 15) is 0 Å². The summed E-state index contributed by atoms with van der Waals surface area (Å²) in [6.45, 7) is 0. The van der Waals surface area contributed by atoms with E-state index in [0.717, 1.165) is 45.4 Å². The Labute approximate surface area is 250 Å².